The molecule has 1 fully saturated rings. The van der Waals surface area contributed by atoms with E-state index in [-0.39, 0.29) is 20.6 Å². The van der Waals surface area contributed by atoms with Crippen LogP contribution in [-0.2, 0) is 11.0 Å². The van der Waals surface area contributed by atoms with Crippen molar-refractivity contribution in [1.82, 2.24) is 0 Å². The molecule has 0 N–H and O–H groups in total. The maximum absolute atomic E-state index is 13.1. The van der Waals surface area contributed by atoms with Crippen molar-refractivity contribution in [3.8, 4) is 11.3 Å². The molecule has 33 heavy (non-hydrogen) atoms. The number of nitrogens with zero attached hydrogens (tertiary/aromatic N) is 2. The van der Waals surface area contributed by atoms with Gasteiger partial charge in [-0.3, -0.25) is 19.8 Å². The average Bonchev–Trinajstić information content (AvgIpc) is 3.32. The number of amides is 1. The molecule has 0 unspecified atom stereocenters. The lowest BCUT2D eigenvalue weighted by atomic mass is 10.1. The monoisotopic (exact) mass is 490 g/mol. The van der Waals surface area contributed by atoms with Gasteiger partial charge in [0, 0.05) is 23.8 Å². The number of furan rings is 1. The van der Waals surface area contributed by atoms with Crippen LogP contribution in [0.15, 0.2) is 63.9 Å². The van der Waals surface area contributed by atoms with E-state index in [0.717, 1.165) is 34.4 Å². The molecule has 1 aliphatic heterocycles. The number of carbonyl (C=O) groups is 1. The van der Waals surface area contributed by atoms with Crippen molar-refractivity contribution in [2.24, 2.45) is 0 Å². The van der Waals surface area contributed by atoms with E-state index in [4.69, 9.17) is 16.6 Å². The zero-order chi connectivity index (χ0) is 23.9. The summed E-state index contributed by atoms with van der Waals surface area (Å²) in [4.78, 5) is 24.7. The summed E-state index contributed by atoms with van der Waals surface area (Å²) < 4.78 is 45.0. The fraction of sp³-hybridized carbons (Fsp3) is 0.0909. The molecule has 0 aliphatic carbocycles. The van der Waals surface area contributed by atoms with E-state index in [1.54, 1.807) is 25.1 Å². The minimum Gasteiger partial charge on any atom is -0.457 e. The quantitative estimate of drug-likeness (QED) is 0.178. The summed E-state index contributed by atoms with van der Waals surface area (Å²) in [7, 11) is 0. The second kappa shape index (κ2) is 8.49. The first-order valence-electron chi connectivity index (χ1n) is 9.35. The molecule has 6 nitrogen and oxygen atoms in total. The summed E-state index contributed by atoms with van der Waals surface area (Å²) in [6.07, 6.45) is -3.12. The number of carbonyl (C=O) groups excluding carboxylic acids is 1. The molecule has 168 valence electrons. The molecule has 0 bridgehead atoms. The molecule has 1 amide bonds. The first-order valence-corrected chi connectivity index (χ1v) is 10.6. The third-order valence-corrected chi connectivity index (χ3v) is 6.13. The number of alkyl halides is 3. The zero-order valence-corrected chi connectivity index (χ0v) is 18.4. The molecule has 0 radical (unpaired) electrons. The van der Waals surface area contributed by atoms with E-state index < -0.39 is 22.6 Å². The van der Waals surface area contributed by atoms with Gasteiger partial charge in [-0.1, -0.05) is 36.1 Å². The van der Waals surface area contributed by atoms with Crippen LogP contribution in [0.5, 0.6) is 0 Å². The van der Waals surface area contributed by atoms with Gasteiger partial charge < -0.3 is 4.42 Å². The van der Waals surface area contributed by atoms with Crippen LogP contribution in [0.1, 0.15) is 16.9 Å². The molecular formula is C22H13F3N2O4S2. The number of nitro benzene ring substituents is 1. The lowest BCUT2D eigenvalue weighted by molar-refractivity contribution is -0.384. The molecule has 0 atom stereocenters. The molecule has 0 spiro atoms. The Bertz CT molecular complexity index is 1330. The van der Waals surface area contributed by atoms with Crippen molar-refractivity contribution in [2.75, 3.05) is 4.90 Å². The first-order chi connectivity index (χ1) is 15.5. The highest BCUT2D eigenvalue weighted by atomic mass is 32.2. The van der Waals surface area contributed by atoms with E-state index in [2.05, 4.69) is 0 Å². The third kappa shape index (κ3) is 4.55. The van der Waals surface area contributed by atoms with Gasteiger partial charge in [0.15, 0.2) is 4.32 Å². The van der Waals surface area contributed by atoms with Crippen LogP contribution in [0.2, 0.25) is 0 Å². The smallest absolute Gasteiger partial charge is 0.416 e. The number of benzene rings is 2. The molecule has 0 saturated carbocycles. The highest BCUT2D eigenvalue weighted by Crippen LogP contribution is 2.39. The number of halogens is 3. The second-order valence-corrected chi connectivity index (χ2v) is 8.70. The van der Waals surface area contributed by atoms with Crippen molar-refractivity contribution in [2.45, 2.75) is 13.1 Å². The Balaban J connectivity index is 1.63. The molecule has 3 aromatic rings. The summed E-state index contributed by atoms with van der Waals surface area (Å²) in [6, 6.07) is 12.0. The SMILES string of the molecule is Cc1ccc([N+](=O)[O-])cc1-c1ccc(/C=C2\SC(=S)N(c3cccc(C(F)(F)F)c3)C2=O)o1. The van der Waals surface area contributed by atoms with Crippen molar-refractivity contribution >= 4 is 51.7 Å². The Morgan fingerprint density at radius 3 is 2.61 bits per heavy atom. The van der Waals surface area contributed by atoms with Crippen molar-refractivity contribution < 1.29 is 27.3 Å². The van der Waals surface area contributed by atoms with E-state index in [1.165, 1.54) is 30.3 Å². The van der Waals surface area contributed by atoms with Crippen LogP contribution in [0, 0.1) is 17.0 Å². The van der Waals surface area contributed by atoms with Crippen molar-refractivity contribution in [3.05, 3.63) is 86.5 Å². The van der Waals surface area contributed by atoms with Crippen LogP contribution < -0.4 is 4.90 Å². The van der Waals surface area contributed by atoms with E-state index in [9.17, 15) is 28.1 Å². The van der Waals surface area contributed by atoms with Crippen molar-refractivity contribution in [3.63, 3.8) is 0 Å². The number of nitro groups is 1. The fourth-order valence-electron chi connectivity index (χ4n) is 3.21. The number of hydrogen-bond acceptors (Lipinski definition) is 6. The van der Waals surface area contributed by atoms with Crippen LogP contribution in [0.4, 0.5) is 24.5 Å². The topological polar surface area (TPSA) is 76.6 Å². The maximum atomic E-state index is 13.1. The summed E-state index contributed by atoms with van der Waals surface area (Å²) >= 11 is 6.16. The molecule has 2 heterocycles. The van der Waals surface area contributed by atoms with Gasteiger partial charge in [0.05, 0.1) is 21.1 Å². The van der Waals surface area contributed by atoms with E-state index >= 15 is 0 Å². The molecule has 1 saturated heterocycles. The van der Waals surface area contributed by atoms with Crippen LogP contribution in [-0.4, -0.2) is 15.2 Å². The van der Waals surface area contributed by atoms with Gasteiger partial charge in [-0.25, -0.2) is 0 Å². The lowest BCUT2D eigenvalue weighted by Gasteiger charge is -2.16. The third-order valence-electron chi connectivity index (χ3n) is 4.82. The van der Waals surface area contributed by atoms with Gasteiger partial charge in [-0.15, -0.1) is 0 Å². The van der Waals surface area contributed by atoms with Gasteiger partial charge >= 0.3 is 6.18 Å². The molecular weight excluding hydrogens is 477 g/mol. The predicted molar refractivity (Wildman–Crippen MR) is 123 cm³/mol. The number of rotatable bonds is 4. The van der Waals surface area contributed by atoms with Crippen molar-refractivity contribution in [1.29, 1.82) is 0 Å². The first kappa shape index (κ1) is 22.7. The highest BCUT2D eigenvalue weighted by Gasteiger charge is 2.36. The fourth-order valence-corrected chi connectivity index (χ4v) is 4.48. The number of non-ortho nitro benzene ring substituents is 1. The Labute approximate surface area is 194 Å². The number of thiocarbonyl (C=S) groups is 1. The minimum atomic E-state index is -4.55. The number of hydrogen-bond donors (Lipinski definition) is 0. The molecule has 11 heteroatoms. The van der Waals surface area contributed by atoms with Crippen LogP contribution in [0.25, 0.3) is 17.4 Å². The summed E-state index contributed by atoms with van der Waals surface area (Å²) in [5, 5.41) is 11.1. The zero-order valence-electron chi connectivity index (χ0n) is 16.8. The molecule has 1 aliphatic rings. The summed E-state index contributed by atoms with van der Waals surface area (Å²) in [6.45, 7) is 1.78. The second-order valence-electron chi connectivity index (χ2n) is 7.02. The standard InChI is InChI=1S/C22H13F3N2O4S2/c1-12-5-6-15(27(29)30)10-17(12)18-8-7-16(31-18)11-19-20(28)26(21(32)33-19)14-4-2-3-13(9-14)22(23,24)25/h2-11H,1H3/b19-11-. The number of aryl methyl sites for hydroxylation is 1. The molecule has 4 rings (SSSR count). The largest absolute Gasteiger partial charge is 0.457 e. The Morgan fingerprint density at radius 2 is 1.91 bits per heavy atom. The molecule has 1 aromatic heterocycles. The van der Waals surface area contributed by atoms with Crippen LogP contribution in [0.3, 0.4) is 0 Å². The Kier molecular flexibility index (Phi) is 5.85. The van der Waals surface area contributed by atoms with Gasteiger partial charge in [0.2, 0.25) is 0 Å². The molecule has 2 aromatic carbocycles. The normalized spacial score (nSPS) is 15.5. The minimum absolute atomic E-state index is 0.0167. The van der Waals surface area contributed by atoms with E-state index in [0.29, 0.717) is 17.1 Å². The Morgan fingerprint density at radius 1 is 1.15 bits per heavy atom. The highest BCUT2D eigenvalue weighted by molar-refractivity contribution is 8.27. The van der Waals surface area contributed by atoms with Crippen LogP contribution >= 0.6 is 24.0 Å². The average molecular weight is 490 g/mol. The van der Waals surface area contributed by atoms with Gasteiger partial charge in [0.1, 0.15) is 11.5 Å². The Hall–Kier alpha value is -3.44. The number of thioether (sulfide) groups is 1. The van der Waals surface area contributed by atoms with Gasteiger partial charge in [0.25, 0.3) is 11.6 Å². The maximum Gasteiger partial charge on any atom is 0.416 e. The predicted octanol–water partition coefficient (Wildman–Crippen LogP) is 6.59. The summed E-state index contributed by atoms with van der Waals surface area (Å²) in [5.74, 6) is 0.0880. The van der Waals surface area contributed by atoms with E-state index in [1.807, 2.05) is 0 Å². The lowest BCUT2D eigenvalue weighted by Crippen LogP contribution is -2.27. The van der Waals surface area contributed by atoms with Gasteiger partial charge in [-0.2, -0.15) is 13.2 Å². The van der Waals surface area contributed by atoms with Gasteiger partial charge in [-0.05, 0) is 42.8 Å². The summed E-state index contributed by atoms with van der Waals surface area (Å²) in [5.41, 5.74) is 0.331. The number of anilines is 1.